The lowest BCUT2D eigenvalue weighted by Crippen LogP contribution is -2.38. The number of hydrogen-bond acceptors (Lipinski definition) is 2. The predicted molar refractivity (Wildman–Crippen MR) is 43.7 cm³/mol. The highest BCUT2D eigenvalue weighted by Gasteiger charge is 2.39. The minimum Gasteiger partial charge on any atom is -0.304 e. The van der Waals surface area contributed by atoms with E-state index in [1.165, 1.54) is 32.1 Å². The highest BCUT2D eigenvalue weighted by atomic mass is 16.6. The average molecular weight is 155 g/mol. The molecule has 2 aliphatic rings. The number of nitrogens with two attached hydrogens (primary N) is 1. The topological polar surface area (TPSA) is 35.2 Å². The van der Waals surface area contributed by atoms with Gasteiger partial charge >= 0.3 is 0 Å². The summed E-state index contributed by atoms with van der Waals surface area (Å²) in [6.45, 7) is 0.793. The molecule has 0 bridgehead atoms. The van der Waals surface area contributed by atoms with Gasteiger partial charge in [0, 0.05) is 0 Å². The summed E-state index contributed by atoms with van der Waals surface area (Å²) >= 11 is 0. The highest BCUT2D eigenvalue weighted by Crippen LogP contribution is 2.47. The summed E-state index contributed by atoms with van der Waals surface area (Å²) in [6.07, 6.45) is 7.10. The van der Waals surface area contributed by atoms with E-state index in [0.29, 0.717) is 0 Å². The van der Waals surface area contributed by atoms with Gasteiger partial charge in [0.1, 0.15) is 0 Å². The SMILES string of the molecule is NOCC1CCCC2CC[C@@H]21. The van der Waals surface area contributed by atoms with Gasteiger partial charge in [-0.2, -0.15) is 0 Å². The molecule has 2 fully saturated rings. The summed E-state index contributed by atoms with van der Waals surface area (Å²) < 4.78 is 0. The highest BCUT2D eigenvalue weighted by molar-refractivity contribution is 4.89. The Morgan fingerprint density at radius 1 is 1.18 bits per heavy atom. The summed E-state index contributed by atoms with van der Waals surface area (Å²) in [5, 5.41) is 0. The van der Waals surface area contributed by atoms with Crippen LogP contribution >= 0.6 is 0 Å². The van der Waals surface area contributed by atoms with Crippen LogP contribution < -0.4 is 5.90 Å². The van der Waals surface area contributed by atoms with Gasteiger partial charge in [0.25, 0.3) is 0 Å². The van der Waals surface area contributed by atoms with Gasteiger partial charge < -0.3 is 4.84 Å². The third kappa shape index (κ3) is 1.30. The molecule has 0 aromatic heterocycles. The quantitative estimate of drug-likeness (QED) is 0.616. The molecule has 2 saturated carbocycles. The molecule has 0 amide bonds. The van der Waals surface area contributed by atoms with Gasteiger partial charge in [0.05, 0.1) is 6.61 Å². The molecule has 2 unspecified atom stereocenters. The molecule has 0 aliphatic heterocycles. The number of fused-ring (bicyclic) bond motifs is 1. The standard InChI is InChI=1S/C9H17NO/c10-11-6-8-3-1-2-7-4-5-9(7)8/h7-9H,1-6,10H2/t7?,8?,9-/m0/s1. The largest absolute Gasteiger partial charge is 0.304 e. The minimum atomic E-state index is 0.785. The number of rotatable bonds is 2. The molecule has 3 atom stereocenters. The Bertz CT molecular complexity index is 136. The molecule has 0 aromatic carbocycles. The Morgan fingerprint density at radius 2 is 2.09 bits per heavy atom. The Hall–Kier alpha value is -0.0800. The molecule has 0 radical (unpaired) electrons. The molecule has 2 N–H and O–H groups in total. The summed E-state index contributed by atoms with van der Waals surface area (Å²) in [4.78, 5) is 4.73. The van der Waals surface area contributed by atoms with Crippen LogP contribution in [0.3, 0.4) is 0 Å². The molecular weight excluding hydrogens is 138 g/mol. The first-order valence-electron chi connectivity index (χ1n) is 4.73. The van der Waals surface area contributed by atoms with Gasteiger partial charge in [-0.25, -0.2) is 5.90 Å². The fourth-order valence-electron chi connectivity index (χ4n) is 2.76. The van der Waals surface area contributed by atoms with Crippen LogP contribution in [0.4, 0.5) is 0 Å². The molecule has 0 aromatic rings. The lowest BCUT2D eigenvalue weighted by Gasteiger charge is -2.45. The van der Waals surface area contributed by atoms with Crippen LogP contribution in [0.5, 0.6) is 0 Å². The van der Waals surface area contributed by atoms with E-state index in [1.54, 1.807) is 0 Å². The molecule has 2 aliphatic carbocycles. The van der Waals surface area contributed by atoms with E-state index in [1.807, 2.05) is 0 Å². The van der Waals surface area contributed by atoms with Crippen LogP contribution in [0.25, 0.3) is 0 Å². The van der Waals surface area contributed by atoms with Crippen molar-refractivity contribution in [2.45, 2.75) is 32.1 Å². The van der Waals surface area contributed by atoms with E-state index in [4.69, 9.17) is 10.7 Å². The van der Waals surface area contributed by atoms with Gasteiger partial charge in [-0.15, -0.1) is 0 Å². The second-order valence-corrected chi connectivity index (χ2v) is 4.03. The summed E-state index contributed by atoms with van der Waals surface area (Å²) in [7, 11) is 0. The van der Waals surface area contributed by atoms with Crippen LogP contribution in [0.2, 0.25) is 0 Å². The summed E-state index contributed by atoms with van der Waals surface area (Å²) in [5.41, 5.74) is 0. The maximum absolute atomic E-state index is 5.09. The van der Waals surface area contributed by atoms with Gasteiger partial charge in [0.15, 0.2) is 0 Å². The van der Waals surface area contributed by atoms with Crippen LogP contribution in [-0.2, 0) is 4.84 Å². The fourth-order valence-corrected chi connectivity index (χ4v) is 2.76. The lowest BCUT2D eigenvalue weighted by atomic mass is 9.61. The normalized spacial score (nSPS) is 42.8. The predicted octanol–water partition coefficient (Wildman–Crippen LogP) is 1.70. The van der Waals surface area contributed by atoms with Crippen LogP contribution in [0.1, 0.15) is 32.1 Å². The average Bonchev–Trinajstić information content (AvgIpc) is 1.94. The monoisotopic (exact) mass is 155 g/mol. The molecule has 2 nitrogen and oxygen atoms in total. The van der Waals surface area contributed by atoms with E-state index in [-0.39, 0.29) is 0 Å². The molecule has 2 rings (SSSR count). The van der Waals surface area contributed by atoms with Crippen LogP contribution in [0, 0.1) is 17.8 Å². The van der Waals surface area contributed by atoms with Crippen LogP contribution in [0.15, 0.2) is 0 Å². The van der Waals surface area contributed by atoms with E-state index in [2.05, 4.69) is 0 Å². The Kier molecular flexibility index (Phi) is 2.14. The smallest absolute Gasteiger partial charge is 0.0710 e. The van der Waals surface area contributed by atoms with Crippen molar-refractivity contribution < 1.29 is 4.84 Å². The molecular formula is C9H17NO. The lowest BCUT2D eigenvalue weighted by molar-refractivity contribution is -0.00837. The van der Waals surface area contributed by atoms with Crippen LogP contribution in [-0.4, -0.2) is 6.61 Å². The molecule has 2 heteroatoms. The van der Waals surface area contributed by atoms with Crippen molar-refractivity contribution in [1.29, 1.82) is 0 Å². The van der Waals surface area contributed by atoms with Crippen molar-refractivity contribution in [2.75, 3.05) is 6.61 Å². The van der Waals surface area contributed by atoms with Crippen molar-refractivity contribution in [2.24, 2.45) is 23.7 Å². The van der Waals surface area contributed by atoms with E-state index in [0.717, 1.165) is 24.4 Å². The second-order valence-electron chi connectivity index (χ2n) is 4.03. The first kappa shape index (κ1) is 7.56. The molecule has 64 valence electrons. The zero-order chi connectivity index (χ0) is 7.68. The third-order valence-corrected chi connectivity index (χ3v) is 3.54. The fraction of sp³-hybridized carbons (Fsp3) is 1.00. The summed E-state index contributed by atoms with van der Waals surface area (Å²) in [5.74, 6) is 7.87. The zero-order valence-electron chi connectivity index (χ0n) is 6.96. The Balaban J connectivity index is 1.87. The Labute approximate surface area is 68.1 Å². The van der Waals surface area contributed by atoms with Crippen molar-refractivity contribution in [3.05, 3.63) is 0 Å². The second kappa shape index (κ2) is 3.11. The third-order valence-electron chi connectivity index (χ3n) is 3.54. The maximum Gasteiger partial charge on any atom is 0.0710 e. The van der Waals surface area contributed by atoms with Gasteiger partial charge in [-0.3, -0.25) is 0 Å². The molecule has 11 heavy (non-hydrogen) atoms. The van der Waals surface area contributed by atoms with Crippen molar-refractivity contribution in [3.8, 4) is 0 Å². The van der Waals surface area contributed by atoms with Gasteiger partial charge in [-0.05, 0) is 37.0 Å². The number of hydrogen-bond donors (Lipinski definition) is 1. The molecule has 0 spiro atoms. The first-order valence-corrected chi connectivity index (χ1v) is 4.73. The van der Waals surface area contributed by atoms with E-state index < -0.39 is 0 Å². The molecule has 0 saturated heterocycles. The van der Waals surface area contributed by atoms with E-state index in [9.17, 15) is 0 Å². The van der Waals surface area contributed by atoms with Crippen molar-refractivity contribution >= 4 is 0 Å². The molecule has 0 heterocycles. The van der Waals surface area contributed by atoms with E-state index >= 15 is 0 Å². The minimum absolute atomic E-state index is 0.785. The summed E-state index contributed by atoms with van der Waals surface area (Å²) in [6, 6.07) is 0. The Morgan fingerprint density at radius 3 is 2.73 bits per heavy atom. The van der Waals surface area contributed by atoms with Gasteiger partial charge in [0.2, 0.25) is 0 Å². The van der Waals surface area contributed by atoms with Gasteiger partial charge in [-0.1, -0.05) is 12.8 Å². The van der Waals surface area contributed by atoms with Crippen molar-refractivity contribution in [3.63, 3.8) is 0 Å². The maximum atomic E-state index is 5.09. The van der Waals surface area contributed by atoms with Crippen molar-refractivity contribution in [1.82, 2.24) is 0 Å². The zero-order valence-corrected chi connectivity index (χ0v) is 6.96. The first-order chi connectivity index (χ1) is 5.42.